The summed E-state index contributed by atoms with van der Waals surface area (Å²) in [5.41, 5.74) is -0.328. The molecule has 1 fully saturated rings. The number of methoxy groups -OCH3 is 2. The fraction of sp³-hybridized carbons (Fsp3) is 0.733. The summed E-state index contributed by atoms with van der Waals surface area (Å²) in [4.78, 5) is 24.4. The fourth-order valence-corrected chi connectivity index (χ4v) is 3.36. The molecule has 5 nitrogen and oxygen atoms in total. The van der Waals surface area contributed by atoms with Gasteiger partial charge in [-0.3, -0.25) is 9.59 Å². The van der Waals surface area contributed by atoms with Crippen LogP contribution in [-0.2, 0) is 23.8 Å². The summed E-state index contributed by atoms with van der Waals surface area (Å²) < 4.78 is 15.5. The lowest BCUT2D eigenvalue weighted by Gasteiger charge is -2.46. The van der Waals surface area contributed by atoms with Gasteiger partial charge in [-0.05, 0) is 33.1 Å². The molecule has 112 valence electrons. The third-order valence-corrected chi connectivity index (χ3v) is 4.63. The highest BCUT2D eigenvalue weighted by atomic mass is 16.5. The number of hydrogen-bond acceptors (Lipinski definition) is 5. The van der Waals surface area contributed by atoms with Gasteiger partial charge in [0.25, 0.3) is 0 Å². The minimum absolute atomic E-state index is 0.0307. The van der Waals surface area contributed by atoms with Crippen LogP contribution in [0.15, 0.2) is 11.6 Å². The largest absolute Gasteiger partial charge is 0.468 e. The van der Waals surface area contributed by atoms with Crippen LogP contribution in [-0.4, -0.2) is 38.4 Å². The Bertz CT molecular complexity index is 433. The number of ether oxygens (including phenoxy) is 3. The van der Waals surface area contributed by atoms with Crippen LogP contribution < -0.4 is 0 Å². The van der Waals surface area contributed by atoms with E-state index in [1.807, 2.05) is 13.8 Å². The SMILES string of the molecule is COC(=O)C1(C(=O)OC)CCC2=CCOC(C)(C)C2C1. The minimum atomic E-state index is -1.20. The van der Waals surface area contributed by atoms with E-state index in [1.54, 1.807) is 0 Å². The van der Waals surface area contributed by atoms with Crippen molar-refractivity contribution in [1.29, 1.82) is 0 Å². The van der Waals surface area contributed by atoms with Gasteiger partial charge < -0.3 is 14.2 Å². The second-order valence-corrected chi connectivity index (χ2v) is 6.02. The topological polar surface area (TPSA) is 61.8 Å². The van der Waals surface area contributed by atoms with Gasteiger partial charge in [0.1, 0.15) is 0 Å². The van der Waals surface area contributed by atoms with Gasteiger partial charge in [-0.1, -0.05) is 11.6 Å². The highest BCUT2D eigenvalue weighted by molar-refractivity contribution is 6.00. The lowest BCUT2D eigenvalue weighted by molar-refractivity contribution is -0.175. The Morgan fingerprint density at radius 2 is 1.85 bits per heavy atom. The van der Waals surface area contributed by atoms with Crippen LogP contribution in [0.2, 0.25) is 0 Å². The van der Waals surface area contributed by atoms with E-state index in [-0.39, 0.29) is 5.92 Å². The molecular weight excluding hydrogens is 260 g/mol. The molecule has 0 spiro atoms. The van der Waals surface area contributed by atoms with E-state index in [1.165, 1.54) is 19.8 Å². The minimum Gasteiger partial charge on any atom is -0.468 e. The normalized spacial score (nSPS) is 27.0. The molecule has 0 aromatic carbocycles. The molecule has 0 bridgehead atoms. The predicted molar refractivity (Wildman–Crippen MR) is 71.9 cm³/mol. The molecule has 0 saturated heterocycles. The van der Waals surface area contributed by atoms with E-state index in [2.05, 4.69) is 6.08 Å². The van der Waals surface area contributed by atoms with Crippen LogP contribution in [0.3, 0.4) is 0 Å². The molecule has 1 unspecified atom stereocenters. The van der Waals surface area contributed by atoms with Crippen LogP contribution >= 0.6 is 0 Å². The van der Waals surface area contributed by atoms with E-state index in [0.717, 1.165) is 0 Å². The molecule has 0 aromatic heterocycles. The third kappa shape index (κ3) is 2.24. The number of esters is 2. The molecule has 0 amide bonds. The summed E-state index contributed by atoms with van der Waals surface area (Å²) in [5, 5.41) is 0. The Kier molecular flexibility index (Phi) is 3.91. The van der Waals surface area contributed by atoms with Crippen molar-refractivity contribution < 1.29 is 23.8 Å². The van der Waals surface area contributed by atoms with Crippen molar-refractivity contribution in [3.05, 3.63) is 11.6 Å². The van der Waals surface area contributed by atoms with Crippen LogP contribution in [0.4, 0.5) is 0 Å². The van der Waals surface area contributed by atoms with Crippen molar-refractivity contribution in [3.63, 3.8) is 0 Å². The van der Waals surface area contributed by atoms with Crippen LogP contribution in [0, 0.1) is 11.3 Å². The fourth-order valence-electron chi connectivity index (χ4n) is 3.36. The molecule has 0 N–H and O–H groups in total. The van der Waals surface area contributed by atoms with Gasteiger partial charge in [0.2, 0.25) is 0 Å². The summed E-state index contributed by atoms with van der Waals surface area (Å²) in [7, 11) is 2.61. The zero-order valence-corrected chi connectivity index (χ0v) is 12.5. The molecule has 5 heteroatoms. The first-order valence-corrected chi connectivity index (χ1v) is 6.87. The van der Waals surface area contributed by atoms with Crippen molar-refractivity contribution in [3.8, 4) is 0 Å². The first-order chi connectivity index (χ1) is 9.37. The lowest BCUT2D eigenvalue weighted by Crippen LogP contribution is -2.51. The zero-order valence-electron chi connectivity index (χ0n) is 12.5. The van der Waals surface area contributed by atoms with Gasteiger partial charge in [0, 0.05) is 5.92 Å². The van der Waals surface area contributed by atoms with Gasteiger partial charge in [-0.2, -0.15) is 0 Å². The Hall–Kier alpha value is -1.36. The first-order valence-electron chi connectivity index (χ1n) is 6.87. The molecule has 20 heavy (non-hydrogen) atoms. The number of carbonyl (C=O) groups is 2. The summed E-state index contributed by atoms with van der Waals surface area (Å²) in [6.45, 7) is 4.58. The maximum atomic E-state index is 12.2. The van der Waals surface area contributed by atoms with Crippen molar-refractivity contribution in [2.75, 3.05) is 20.8 Å². The van der Waals surface area contributed by atoms with Crippen molar-refractivity contribution in [1.82, 2.24) is 0 Å². The lowest BCUT2D eigenvalue weighted by atomic mass is 9.62. The first kappa shape index (κ1) is 15.0. The highest BCUT2D eigenvalue weighted by Gasteiger charge is 2.55. The molecule has 0 aromatic rings. The molecule has 2 rings (SSSR count). The van der Waals surface area contributed by atoms with Crippen molar-refractivity contribution >= 4 is 11.9 Å². The Balaban J connectivity index is 2.38. The number of carbonyl (C=O) groups excluding carboxylic acids is 2. The summed E-state index contributed by atoms with van der Waals surface area (Å²) in [5.74, 6) is -0.988. The molecule has 1 aliphatic heterocycles. The maximum absolute atomic E-state index is 12.2. The van der Waals surface area contributed by atoms with E-state index >= 15 is 0 Å². The van der Waals surface area contributed by atoms with Crippen LogP contribution in [0.5, 0.6) is 0 Å². The second-order valence-electron chi connectivity index (χ2n) is 6.02. The second kappa shape index (κ2) is 5.20. The van der Waals surface area contributed by atoms with E-state index in [4.69, 9.17) is 14.2 Å². The zero-order chi connectivity index (χ0) is 15.0. The molecule has 1 heterocycles. The van der Waals surface area contributed by atoms with Gasteiger partial charge in [0.15, 0.2) is 5.41 Å². The number of fused-ring (bicyclic) bond motifs is 1. The van der Waals surface area contributed by atoms with E-state index in [9.17, 15) is 9.59 Å². The van der Waals surface area contributed by atoms with Crippen LogP contribution in [0.25, 0.3) is 0 Å². The maximum Gasteiger partial charge on any atom is 0.323 e. The van der Waals surface area contributed by atoms with E-state index in [0.29, 0.717) is 25.9 Å². The molecule has 2 aliphatic rings. The monoisotopic (exact) mass is 282 g/mol. The Labute approximate surface area is 119 Å². The van der Waals surface area contributed by atoms with E-state index < -0.39 is 23.0 Å². The average Bonchev–Trinajstić information content (AvgIpc) is 2.45. The third-order valence-electron chi connectivity index (χ3n) is 4.63. The predicted octanol–water partition coefficient (Wildman–Crippen LogP) is 1.85. The molecule has 1 aliphatic carbocycles. The number of hydrogen-bond donors (Lipinski definition) is 0. The highest BCUT2D eigenvalue weighted by Crippen LogP contribution is 2.49. The Morgan fingerprint density at radius 3 is 2.40 bits per heavy atom. The summed E-state index contributed by atoms with van der Waals surface area (Å²) in [6, 6.07) is 0. The van der Waals surface area contributed by atoms with Gasteiger partial charge in [-0.15, -0.1) is 0 Å². The molecular formula is C15H22O5. The quantitative estimate of drug-likeness (QED) is 0.439. The molecule has 0 radical (unpaired) electrons. The summed E-state index contributed by atoms with van der Waals surface area (Å²) >= 11 is 0. The van der Waals surface area contributed by atoms with Crippen LogP contribution in [0.1, 0.15) is 33.1 Å². The van der Waals surface area contributed by atoms with Crippen molar-refractivity contribution in [2.24, 2.45) is 11.3 Å². The van der Waals surface area contributed by atoms with Crippen molar-refractivity contribution in [2.45, 2.75) is 38.7 Å². The summed E-state index contributed by atoms with van der Waals surface area (Å²) in [6.07, 6.45) is 3.58. The molecule has 1 saturated carbocycles. The average molecular weight is 282 g/mol. The molecule has 1 atom stereocenters. The standard InChI is InChI=1S/C15H22O5/c1-14(2)11-9-15(12(16)18-3,13(17)19-4)7-5-10(11)6-8-20-14/h6,11H,5,7-9H2,1-4H3. The van der Waals surface area contributed by atoms with Gasteiger partial charge in [-0.25, -0.2) is 0 Å². The number of rotatable bonds is 2. The van der Waals surface area contributed by atoms with Gasteiger partial charge in [0.05, 0.1) is 26.4 Å². The smallest absolute Gasteiger partial charge is 0.323 e. The van der Waals surface area contributed by atoms with Gasteiger partial charge >= 0.3 is 11.9 Å². The Morgan fingerprint density at radius 1 is 1.25 bits per heavy atom.